The highest BCUT2D eigenvalue weighted by Crippen LogP contribution is 2.27. The van der Waals surface area contributed by atoms with Crippen LogP contribution in [0.15, 0.2) is 0 Å². The normalized spacial score (nSPS) is 15.7. The number of hydrogen-bond acceptors (Lipinski definition) is 0. The van der Waals surface area contributed by atoms with Gasteiger partial charge in [0.2, 0.25) is 0 Å². The summed E-state index contributed by atoms with van der Waals surface area (Å²) in [4.78, 5) is 0. The van der Waals surface area contributed by atoms with E-state index in [2.05, 4.69) is 27.7 Å². The van der Waals surface area contributed by atoms with Gasteiger partial charge in [-0.05, 0) is 18.8 Å². The van der Waals surface area contributed by atoms with E-state index in [0.717, 1.165) is 6.42 Å². The van der Waals surface area contributed by atoms with Gasteiger partial charge in [-0.2, -0.15) is 0 Å². The van der Waals surface area contributed by atoms with Crippen LogP contribution in [-0.2, 0) is 0 Å². The molecule has 0 saturated heterocycles. The fourth-order valence-corrected chi connectivity index (χ4v) is 1.32. The molecule has 0 aromatic rings. The summed E-state index contributed by atoms with van der Waals surface area (Å²) in [6.07, 6.45) is 2.33. The van der Waals surface area contributed by atoms with Gasteiger partial charge in [0.05, 0.1) is 0 Å². The first-order valence-corrected chi connectivity index (χ1v) is 4.05. The third-order valence-corrected chi connectivity index (χ3v) is 1.95. The standard InChI is InChI=1S/C8H17Cl/c1-5-8(3,4)6-7(2)9/h7H,5-6H2,1-4H3. The second-order valence-electron chi connectivity index (χ2n) is 3.50. The van der Waals surface area contributed by atoms with E-state index in [9.17, 15) is 0 Å². The predicted octanol–water partition coefficient (Wildman–Crippen LogP) is 3.44. The predicted molar refractivity (Wildman–Crippen MR) is 44.0 cm³/mol. The third-order valence-electron chi connectivity index (χ3n) is 1.79. The summed E-state index contributed by atoms with van der Waals surface area (Å²) in [6.45, 7) is 8.77. The maximum Gasteiger partial charge on any atom is 0.0312 e. The van der Waals surface area contributed by atoms with Gasteiger partial charge in [0.15, 0.2) is 0 Å². The first-order valence-electron chi connectivity index (χ1n) is 3.62. The summed E-state index contributed by atoms with van der Waals surface area (Å²) in [5.41, 5.74) is 0.432. The fourth-order valence-electron chi connectivity index (χ4n) is 0.906. The minimum atomic E-state index is 0.319. The number of alkyl halides is 1. The molecule has 0 aromatic heterocycles. The molecular weight excluding hydrogens is 132 g/mol. The van der Waals surface area contributed by atoms with Gasteiger partial charge in [0.1, 0.15) is 0 Å². The highest BCUT2D eigenvalue weighted by molar-refractivity contribution is 6.20. The van der Waals surface area contributed by atoms with E-state index in [1.807, 2.05) is 0 Å². The van der Waals surface area contributed by atoms with Crippen LogP contribution in [0.2, 0.25) is 0 Å². The van der Waals surface area contributed by atoms with Crippen molar-refractivity contribution in [1.29, 1.82) is 0 Å². The summed E-state index contributed by atoms with van der Waals surface area (Å²) in [5.74, 6) is 0. The minimum Gasteiger partial charge on any atom is -0.123 e. The van der Waals surface area contributed by atoms with Crippen molar-refractivity contribution in [3.05, 3.63) is 0 Å². The summed E-state index contributed by atoms with van der Waals surface area (Å²) in [6, 6.07) is 0. The van der Waals surface area contributed by atoms with Gasteiger partial charge in [0, 0.05) is 5.38 Å². The smallest absolute Gasteiger partial charge is 0.0312 e. The molecule has 1 heteroatoms. The lowest BCUT2D eigenvalue weighted by molar-refractivity contribution is 0.321. The van der Waals surface area contributed by atoms with Crippen LogP contribution in [0.1, 0.15) is 40.5 Å². The second-order valence-corrected chi connectivity index (χ2v) is 4.25. The van der Waals surface area contributed by atoms with Gasteiger partial charge in [-0.25, -0.2) is 0 Å². The molecule has 0 heterocycles. The zero-order chi connectivity index (χ0) is 7.49. The van der Waals surface area contributed by atoms with E-state index >= 15 is 0 Å². The van der Waals surface area contributed by atoms with Crippen molar-refractivity contribution in [1.82, 2.24) is 0 Å². The number of halogens is 1. The first kappa shape index (κ1) is 9.29. The molecule has 0 bridgehead atoms. The molecular formula is C8H17Cl. The number of rotatable bonds is 3. The summed E-state index contributed by atoms with van der Waals surface area (Å²) in [7, 11) is 0. The molecule has 0 saturated carbocycles. The van der Waals surface area contributed by atoms with Gasteiger partial charge >= 0.3 is 0 Å². The van der Waals surface area contributed by atoms with Crippen LogP contribution < -0.4 is 0 Å². The number of hydrogen-bond donors (Lipinski definition) is 0. The molecule has 9 heavy (non-hydrogen) atoms. The molecule has 0 aromatic carbocycles. The van der Waals surface area contributed by atoms with Crippen molar-refractivity contribution >= 4 is 11.6 Å². The Labute approximate surface area is 63.6 Å². The molecule has 1 atom stereocenters. The molecule has 0 nitrogen and oxygen atoms in total. The SMILES string of the molecule is CCC(C)(C)CC(C)Cl. The van der Waals surface area contributed by atoms with E-state index in [1.54, 1.807) is 0 Å². The van der Waals surface area contributed by atoms with Crippen LogP contribution in [-0.4, -0.2) is 5.38 Å². The van der Waals surface area contributed by atoms with Gasteiger partial charge in [0.25, 0.3) is 0 Å². The van der Waals surface area contributed by atoms with Gasteiger partial charge in [-0.3, -0.25) is 0 Å². The molecule has 0 radical (unpaired) electrons. The molecule has 0 N–H and O–H groups in total. The lowest BCUT2D eigenvalue weighted by atomic mass is 9.85. The second kappa shape index (κ2) is 3.46. The van der Waals surface area contributed by atoms with Gasteiger partial charge < -0.3 is 0 Å². The van der Waals surface area contributed by atoms with E-state index < -0.39 is 0 Å². The van der Waals surface area contributed by atoms with Crippen LogP contribution in [0, 0.1) is 5.41 Å². The summed E-state index contributed by atoms with van der Waals surface area (Å²) in [5, 5.41) is 0.319. The van der Waals surface area contributed by atoms with E-state index in [-0.39, 0.29) is 0 Å². The lowest BCUT2D eigenvalue weighted by Crippen LogP contribution is -2.13. The van der Waals surface area contributed by atoms with Gasteiger partial charge in [-0.1, -0.05) is 27.2 Å². The molecule has 0 aliphatic heterocycles. The quantitative estimate of drug-likeness (QED) is 0.538. The molecule has 1 unspecified atom stereocenters. The molecule has 0 spiro atoms. The third kappa shape index (κ3) is 4.77. The van der Waals surface area contributed by atoms with Gasteiger partial charge in [-0.15, -0.1) is 11.6 Å². The Kier molecular flexibility index (Phi) is 3.57. The topological polar surface area (TPSA) is 0 Å². The summed E-state index contributed by atoms with van der Waals surface area (Å²) >= 11 is 5.84. The zero-order valence-corrected chi connectivity index (χ0v) is 7.63. The molecule has 56 valence electrons. The first-order chi connectivity index (χ1) is 3.98. The van der Waals surface area contributed by atoms with Crippen molar-refractivity contribution in [3.63, 3.8) is 0 Å². The van der Waals surface area contributed by atoms with Crippen molar-refractivity contribution in [2.45, 2.75) is 45.9 Å². The van der Waals surface area contributed by atoms with E-state index in [1.165, 1.54) is 6.42 Å². The lowest BCUT2D eigenvalue weighted by Gasteiger charge is -2.23. The van der Waals surface area contributed by atoms with Crippen LogP contribution in [0.4, 0.5) is 0 Å². The van der Waals surface area contributed by atoms with Crippen molar-refractivity contribution < 1.29 is 0 Å². The highest BCUT2D eigenvalue weighted by Gasteiger charge is 2.16. The van der Waals surface area contributed by atoms with Crippen molar-refractivity contribution in [2.75, 3.05) is 0 Å². The maximum atomic E-state index is 5.84. The molecule has 0 amide bonds. The largest absolute Gasteiger partial charge is 0.123 e. The molecule has 0 aliphatic carbocycles. The Bertz CT molecular complexity index is 74.6. The molecule has 0 rings (SSSR count). The van der Waals surface area contributed by atoms with E-state index in [4.69, 9.17) is 11.6 Å². The maximum absolute atomic E-state index is 5.84. The highest BCUT2D eigenvalue weighted by atomic mass is 35.5. The average molecular weight is 149 g/mol. The van der Waals surface area contributed by atoms with E-state index in [0.29, 0.717) is 10.8 Å². The molecule has 0 aliphatic rings. The Balaban J connectivity index is 3.58. The Morgan fingerprint density at radius 3 is 2.00 bits per heavy atom. The summed E-state index contributed by atoms with van der Waals surface area (Å²) < 4.78 is 0. The van der Waals surface area contributed by atoms with Crippen LogP contribution in [0.25, 0.3) is 0 Å². The van der Waals surface area contributed by atoms with Crippen molar-refractivity contribution in [3.8, 4) is 0 Å². The fraction of sp³-hybridized carbons (Fsp3) is 1.00. The van der Waals surface area contributed by atoms with Crippen molar-refractivity contribution in [2.24, 2.45) is 5.41 Å². The minimum absolute atomic E-state index is 0.319. The molecule has 0 fully saturated rings. The zero-order valence-electron chi connectivity index (χ0n) is 6.87. The monoisotopic (exact) mass is 148 g/mol. The van der Waals surface area contributed by atoms with Crippen LogP contribution in [0.5, 0.6) is 0 Å². The Hall–Kier alpha value is 0.290. The Morgan fingerprint density at radius 1 is 1.44 bits per heavy atom. The van der Waals surface area contributed by atoms with Crippen LogP contribution in [0.3, 0.4) is 0 Å². The average Bonchev–Trinajstić information content (AvgIpc) is 1.63. The van der Waals surface area contributed by atoms with Crippen LogP contribution >= 0.6 is 11.6 Å². The Morgan fingerprint density at radius 2 is 1.89 bits per heavy atom.